The van der Waals surface area contributed by atoms with Gasteiger partial charge in [0.05, 0.1) is 6.54 Å². The molecule has 2 aromatic rings. The number of piperazine rings is 1. The molecule has 0 amide bonds. The molecule has 1 aliphatic rings. The second kappa shape index (κ2) is 7.99. The molecule has 0 aliphatic carbocycles. The number of alkyl halides is 3. The van der Waals surface area contributed by atoms with Gasteiger partial charge in [0.2, 0.25) is 11.9 Å². The van der Waals surface area contributed by atoms with Crippen LogP contribution < -0.4 is 15.0 Å². The van der Waals surface area contributed by atoms with Crippen LogP contribution in [-0.2, 0) is 6.54 Å². The van der Waals surface area contributed by atoms with Crippen LogP contribution in [0.5, 0.6) is 6.01 Å². The Bertz CT molecular complexity index is 759. The molecule has 1 fully saturated rings. The first-order valence-corrected chi connectivity index (χ1v) is 8.47. The maximum absolute atomic E-state index is 12.5. The normalized spacial score (nSPS) is 15.8. The topological polar surface area (TPSA) is 79.6 Å². The number of aryl methyl sites for hydroxylation is 1. The quantitative estimate of drug-likeness (QED) is 0.809. The number of ether oxygens (including phenoxy) is 1. The lowest BCUT2D eigenvalue weighted by Gasteiger charge is -2.32. The van der Waals surface area contributed by atoms with Crippen LogP contribution in [0.3, 0.4) is 0 Å². The van der Waals surface area contributed by atoms with Crippen LogP contribution >= 0.6 is 0 Å². The highest BCUT2D eigenvalue weighted by Gasteiger charge is 2.29. The lowest BCUT2D eigenvalue weighted by Crippen LogP contribution is -2.45. The van der Waals surface area contributed by atoms with Crippen molar-refractivity contribution in [3.63, 3.8) is 0 Å². The van der Waals surface area contributed by atoms with Crippen LogP contribution in [0.1, 0.15) is 11.5 Å². The summed E-state index contributed by atoms with van der Waals surface area (Å²) >= 11 is 0. The second-order valence-electron chi connectivity index (χ2n) is 6.30. The van der Waals surface area contributed by atoms with Crippen LogP contribution in [0.15, 0.2) is 16.5 Å². The Kier molecular flexibility index (Phi) is 5.68. The Morgan fingerprint density at radius 1 is 1.15 bits per heavy atom. The van der Waals surface area contributed by atoms with Crippen molar-refractivity contribution in [1.29, 1.82) is 0 Å². The maximum atomic E-state index is 12.5. The van der Waals surface area contributed by atoms with Gasteiger partial charge in [0, 0.05) is 26.2 Å². The van der Waals surface area contributed by atoms with Crippen molar-refractivity contribution in [1.82, 2.24) is 19.9 Å². The van der Waals surface area contributed by atoms with Gasteiger partial charge in [-0.3, -0.25) is 0 Å². The Balaban J connectivity index is 1.76. The van der Waals surface area contributed by atoms with Crippen LogP contribution in [-0.4, -0.2) is 65.9 Å². The Morgan fingerprint density at radius 3 is 2.52 bits per heavy atom. The lowest BCUT2D eigenvalue weighted by atomic mass is 10.3. The molecule has 148 valence electrons. The van der Waals surface area contributed by atoms with E-state index in [4.69, 9.17) is 9.15 Å². The highest BCUT2D eigenvalue weighted by Crippen LogP contribution is 2.20. The summed E-state index contributed by atoms with van der Waals surface area (Å²) in [5.41, 5.74) is 0. The number of aromatic nitrogens is 3. The largest absolute Gasteiger partial charge is 0.465 e. The molecule has 0 unspecified atom stereocenters. The summed E-state index contributed by atoms with van der Waals surface area (Å²) in [6.07, 6.45) is -4.47. The Morgan fingerprint density at radius 2 is 1.89 bits per heavy atom. The molecule has 3 heterocycles. The fraction of sp³-hybridized carbons (Fsp3) is 0.562. The maximum Gasteiger partial charge on any atom is 0.422 e. The molecule has 0 radical (unpaired) electrons. The summed E-state index contributed by atoms with van der Waals surface area (Å²) in [6.45, 7) is 3.58. The molecule has 1 aliphatic heterocycles. The molecule has 8 nitrogen and oxygen atoms in total. The minimum atomic E-state index is -4.47. The summed E-state index contributed by atoms with van der Waals surface area (Å²) in [7, 11) is 2.00. The van der Waals surface area contributed by atoms with E-state index < -0.39 is 12.8 Å². The number of anilines is 2. The van der Waals surface area contributed by atoms with E-state index in [9.17, 15) is 13.2 Å². The van der Waals surface area contributed by atoms with E-state index in [0.717, 1.165) is 18.8 Å². The average Bonchev–Trinajstić information content (AvgIpc) is 3.03. The molecular weight excluding hydrogens is 365 g/mol. The van der Waals surface area contributed by atoms with Crippen molar-refractivity contribution in [2.45, 2.75) is 19.6 Å². The van der Waals surface area contributed by atoms with Gasteiger partial charge in [0.25, 0.3) is 0 Å². The SMILES string of the molecule is Cc1ccc(CNc2nc(OCC(F)(F)F)nc(N3CCN(C)CC3)n2)o1. The van der Waals surface area contributed by atoms with Gasteiger partial charge in [-0.1, -0.05) is 0 Å². The van der Waals surface area contributed by atoms with Gasteiger partial charge in [-0.05, 0) is 26.1 Å². The average molecular weight is 386 g/mol. The summed E-state index contributed by atoms with van der Waals surface area (Å²) in [6, 6.07) is 3.25. The van der Waals surface area contributed by atoms with Crippen LogP contribution in [0.2, 0.25) is 0 Å². The van der Waals surface area contributed by atoms with Crippen molar-refractivity contribution >= 4 is 11.9 Å². The van der Waals surface area contributed by atoms with E-state index in [2.05, 4.69) is 25.2 Å². The van der Waals surface area contributed by atoms with Crippen molar-refractivity contribution in [2.75, 3.05) is 50.1 Å². The Labute approximate surface area is 154 Å². The molecule has 3 rings (SSSR count). The number of likely N-dealkylation sites (N-methyl/N-ethyl adjacent to an activating group) is 1. The van der Waals surface area contributed by atoms with E-state index in [1.54, 1.807) is 6.07 Å². The predicted molar refractivity (Wildman–Crippen MR) is 91.9 cm³/mol. The highest BCUT2D eigenvalue weighted by molar-refractivity contribution is 5.39. The summed E-state index contributed by atoms with van der Waals surface area (Å²) in [5, 5.41) is 2.95. The molecule has 0 spiro atoms. The highest BCUT2D eigenvalue weighted by atomic mass is 19.4. The standard InChI is InChI=1S/C16H21F3N6O2/c1-11-3-4-12(27-11)9-20-13-21-14(25-7-5-24(2)6-8-25)23-15(22-13)26-10-16(17,18)19/h3-4H,5-10H2,1-2H3,(H,20,21,22,23). The number of halogens is 3. The number of nitrogens with zero attached hydrogens (tertiary/aromatic N) is 5. The fourth-order valence-electron chi connectivity index (χ4n) is 2.53. The zero-order valence-electron chi connectivity index (χ0n) is 15.1. The number of hydrogen-bond donors (Lipinski definition) is 1. The first kappa shape index (κ1) is 19.2. The third-order valence-corrected chi connectivity index (χ3v) is 3.97. The van der Waals surface area contributed by atoms with Crippen LogP contribution in [0, 0.1) is 6.92 Å². The number of furan rings is 1. The first-order valence-electron chi connectivity index (χ1n) is 8.47. The minimum Gasteiger partial charge on any atom is -0.465 e. The number of nitrogens with one attached hydrogen (secondary N) is 1. The molecule has 27 heavy (non-hydrogen) atoms. The molecule has 0 atom stereocenters. The zero-order valence-corrected chi connectivity index (χ0v) is 15.1. The molecule has 2 aromatic heterocycles. The summed E-state index contributed by atoms with van der Waals surface area (Å²) in [4.78, 5) is 16.3. The molecule has 1 saturated heterocycles. The van der Waals surface area contributed by atoms with Crippen molar-refractivity contribution in [3.8, 4) is 6.01 Å². The van der Waals surface area contributed by atoms with E-state index in [1.807, 2.05) is 24.9 Å². The fourth-order valence-corrected chi connectivity index (χ4v) is 2.53. The molecular formula is C16H21F3N6O2. The minimum absolute atomic E-state index is 0.130. The van der Waals surface area contributed by atoms with Crippen molar-refractivity contribution < 1.29 is 22.3 Å². The smallest absolute Gasteiger partial charge is 0.422 e. The molecule has 0 bridgehead atoms. The van der Waals surface area contributed by atoms with Crippen LogP contribution in [0.25, 0.3) is 0 Å². The van der Waals surface area contributed by atoms with Gasteiger partial charge in [-0.25, -0.2) is 0 Å². The third kappa shape index (κ3) is 5.71. The van der Waals surface area contributed by atoms with E-state index >= 15 is 0 Å². The molecule has 1 N–H and O–H groups in total. The van der Waals surface area contributed by atoms with E-state index in [1.165, 1.54) is 0 Å². The second-order valence-corrected chi connectivity index (χ2v) is 6.30. The summed E-state index contributed by atoms with van der Waals surface area (Å²) < 4.78 is 47.6. The Hall–Kier alpha value is -2.56. The van der Waals surface area contributed by atoms with Gasteiger partial charge in [0.15, 0.2) is 6.61 Å². The zero-order chi connectivity index (χ0) is 19.4. The predicted octanol–water partition coefficient (Wildman–Crippen LogP) is 2.08. The molecule has 0 saturated carbocycles. The van der Waals surface area contributed by atoms with Gasteiger partial charge in [-0.2, -0.15) is 28.1 Å². The van der Waals surface area contributed by atoms with Crippen LogP contribution in [0.4, 0.5) is 25.1 Å². The third-order valence-electron chi connectivity index (χ3n) is 3.97. The van der Waals surface area contributed by atoms with E-state index in [-0.39, 0.29) is 17.9 Å². The van der Waals surface area contributed by atoms with E-state index in [0.29, 0.717) is 25.4 Å². The monoisotopic (exact) mass is 386 g/mol. The first-order chi connectivity index (χ1) is 12.8. The summed E-state index contributed by atoms with van der Waals surface area (Å²) in [5.74, 6) is 1.83. The van der Waals surface area contributed by atoms with Gasteiger partial charge < -0.3 is 24.3 Å². The number of hydrogen-bond acceptors (Lipinski definition) is 8. The van der Waals surface area contributed by atoms with Gasteiger partial charge in [-0.15, -0.1) is 0 Å². The van der Waals surface area contributed by atoms with Gasteiger partial charge >= 0.3 is 12.2 Å². The number of rotatable bonds is 6. The van der Waals surface area contributed by atoms with Crippen molar-refractivity contribution in [2.24, 2.45) is 0 Å². The molecule has 11 heteroatoms. The van der Waals surface area contributed by atoms with Crippen molar-refractivity contribution in [3.05, 3.63) is 23.7 Å². The van der Waals surface area contributed by atoms with Gasteiger partial charge in [0.1, 0.15) is 11.5 Å². The molecule has 0 aromatic carbocycles. The lowest BCUT2D eigenvalue weighted by molar-refractivity contribution is -0.154.